The molecular formula is C32H46N2O8. The third kappa shape index (κ3) is 6.32. The molecule has 10 heteroatoms. The van der Waals surface area contributed by atoms with Gasteiger partial charge in [0.15, 0.2) is 0 Å². The molecule has 5 rings (SSSR count). The number of rotatable bonds is 9. The average Bonchev–Trinajstić information content (AvgIpc) is 3.56. The second-order valence-electron chi connectivity index (χ2n) is 13.2. The van der Waals surface area contributed by atoms with Crippen molar-refractivity contribution in [3.63, 3.8) is 0 Å². The Labute approximate surface area is 248 Å². The summed E-state index contributed by atoms with van der Waals surface area (Å²) in [6, 6.07) is -0.0267. The van der Waals surface area contributed by atoms with Crippen LogP contribution >= 0.6 is 0 Å². The van der Waals surface area contributed by atoms with Gasteiger partial charge in [0.2, 0.25) is 0 Å². The summed E-state index contributed by atoms with van der Waals surface area (Å²) >= 11 is 0. The van der Waals surface area contributed by atoms with E-state index >= 15 is 0 Å². The maximum atomic E-state index is 13.0. The predicted molar refractivity (Wildman–Crippen MR) is 153 cm³/mol. The van der Waals surface area contributed by atoms with Crippen molar-refractivity contribution in [1.82, 2.24) is 10.6 Å². The Morgan fingerprint density at radius 2 is 1.21 bits per heavy atom. The predicted octanol–water partition coefficient (Wildman–Crippen LogP) is 5.10. The second kappa shape index (κ2) is 12.7. The molecule has 5 saturated carbocycles. The number of hydrogen-bond acceptors (Lipinski definition) is 8. The zero-order valence-corrected chi connectivity index (χ0v) is 25.0. The summed E-state index contributed by atoms with van der Waals surface area (Å²) in [5, 5.41) is 6.17. The standard InChI is InChI=1S/C32H46N2O8/c1-18(2)28(35)39-24-9-5-7-11-26(24)41-30(37)33-17-32-16-23(21-15-20(32)13-14-22(21)32)34-31(38)42-27-12-8-6-10-25(27)40-29(36)19(3)4/h20-27H,1,3,5-17H2,2,4H3,(H,33,37)(H,34,38). The van der Waals surface area contributed by atoms with Crippen LogP contribution in [-0.4, -0.2) is 61.1 Å². The molecule has 0 aromatic heterocycles. The average molecular weight is 587 g/mol. The van der Waals surface area contributed by atoms with Gasteiger partial charge in [0.25, 0.3) is 0 Å². The van der Waals surface area contributed by atoms with Gasteiger partial charge in [-0.25, -0.2) is 19.2 Å². The molecule has 2 N–H and O–H groups in total. The highest BCUT2D eigenvalue weighted by Crippen LogP contribution is 2.68. The first-order valence-electron chi connectivity index (χ1n) is 15.7. The van der Waals surface area contributed by atoms with Gasteiger partial charge in [-0.15, -0.1) is 0 Å². The van der Waals surface area contributed by atoms with E-state index in [0.29, 0.717) is 61.1 Å². The minimum absolute atomic E-state index is 0.0267. The Morgan fingerprint density at radius 1 is 0.714 bits per heavy atom. The minimum Gasteiger partial charge on any atom is -0.455 e. The van der Waals surface area contributed by atoms with Gasteiger partial charge in [0, 0.05) is 23.7 Å². The highest BCUT2D eigenvalue weighted by atomic mass is 16.6. The van der Waals surface area contributed by atoms with Crippen molar-refractivity contribution in [1.29, 1.82) is 0 Å². The fourth-order valence-corrected chi connectivity index (χ4v) is 8.45. The van der Waals surface area contributed by atoms with Crippen molar-refractivity contribution in [3.05, 3.63) is 24.3 Å². The third-order valence-corrected chi connectivity index (χ3v) is 10.4. The molecule has 0 aliphatic heterocycles. The number of amides is 2. The van der Waals surface area contributed by atoms with Gasteiger partial charge in [0.1, 0.15) is 24.4 Å². The minimum atomic E-state index is -0.487. The largest absolute Gasteiger partial charge is 0.455 e. The zero-order chi connectivity index (χ0) is 30.0. The Kier molecular flexibility index (Phi) is 9.18. The highest BCUT2D eigenvalue weighted by Gasteiger charge is 2.66. The summed E-state index contributed by atoms with van der Waals surface area (Å²) in [5.74, 6) is 0.357. The molecule has 9 atom stereocenters. The smallest absolute Gasteiger partial charge is 0.407 e. The number of ether oxygens (including phenoxy) is 4. The molecule has 10 nitrogen and oxygen atoms in total. The number of esters is 2. The van der Waals surface area contributed by atoms with E-state index in [4.69, 9.17) is 18.9 Å². The molecule has 42 heavy (non-hydrogen) atoms. The summed E-state index contributed by atoms with van der Waals surface area (Å²) in [6.45, 7) is 11.0. The Hall–Kier alpha value is -3.04. The highest BCUT2D eigenvalue weighted by molar-refractivity contribution is 5.87. The van der Waals surface area contributed by atoms with Gasteiger partial charge < -0.3 is 29.6 Å². The number of alkyl carbamates (subject to hydrolysis) is 2. The van der Waals surface area contributed by atoms with Crippen molar-refractivity contribution in [2.24, 2.45) is 23.2 Å². The van der Waals surface area contributed by atoms with Gasteiger partial charge in [0.05, 0.1) is 0 Å². The van der Waals surface area contributed by atoms with Crippen molar-refractivity contribution >= 4 is 24.1 Å². The van der Waals surface area contributed by atoms with Gasteiger partial charge in [-0.05, 0) is 114 Å². The molecule has 0 aromatic carbocycles. The first-order chi connectivity index (χ1) is 20.1. The van der Waals surface area contributed by atoms with E-state index in [1.807, 2.05) is 0 Å². The Bertz CT molecular complexity index is 1110. The lowest BCUT2D eigenvalue weighted by Gasteiger charge is -2.37. The van der Waals surface area contributed by atoms with Crippen LogP contribution in [0.1, 0.15) is 90.9 Å². The molecule has 4 bridgehead atoms. The van der Waals surface area contributed by atoms with E-state index < -0.39 is 48.5 Å². The molecule has 0 heterocycles. The molecule has 2 amide bonds. The summed E-state index contributed by atoms with van der Waals surface area (Å²) in [6.07, 6.45) is 7.50. The molecular weight excluding hydrogens is 540 g/mol. The first-order valence-corrected chi connectivity index (χ1v) is 15.7. The maximum Gasteiger partial charge on any atom is 0.407 e. The molecule has 5 aliphatic rings. The maximum absolute atomic E-state index is 13.0. The van der Waals surface area contributed by atoms with Crippen molar-refractivity contribution in [3.8, 4) is 0 Å². The lowest BCUT2D eigenvalue weighted by molar-refractivity contribution is -0.153. The van der Waals surface area contributed by atoms with E-state index in [1.54, 1.807) is 13.8 Å². The van der Waals surface area contributed by atoms with Crippen LogP contribution in [0.4, 0.5) is 9.59 Å². The molecule has 0 saturated heterocycles. The van der Waals surface area contributed by atoms with Gasteiger partial charge in [-0.3, -0.25) is 0 Å². The fraction of sp³-hybridized carbons (Fsp3) is 0.750. The molecule has 5 aliphatic carbocycles. The van der Waals surface area contributed by atoms with Crippen LogP contribution < -0.4 is 10.6 Å². The van der Waals surface area contributed by atoms with Crippen molar-refractivity contribution in [2.75, 3.05) is 6.54 Å². The van der Waals surface area contributed by atoms with Crippen LogP contribution in [0, 0.1) is 23.2 Å². The SMILES string of the molecule is C=C(C)C(=O)OC1CCCCC1OC(=O)NCC12CC(NC(=O)OC3CCCCC3OC(=O)C(=C)C)C3CC1CCC32. The monoisotopic (exact) mass is 586 g/mol. The molecule has 0 spiro atoms. The molecule has 5 fully saturated rings. The number of carbonyl (C=O) groups is 4. The van der Waals surface area contributed by atoms with Crippen LogP contribution in [0.25, 0.3) is 0 Å². The summed E-state index contributed by atoms with van der Waals surface area (Å²) < 4.78 is 22.7. The number of hydrogen-bond donors (Lipinski definition) is 2. The lowest BCUT2D eigenvalue weighted by Crippen LogP contribution is -2.47. The lowest BCUT2D eigenvalue weighted by atomic mass is 9.74. The molecule has 0 aromatic rings. The van der Waals surface area contributed by atoms with Crippen molar-refractivity contribution in [2.45, 2.75) is 121 Å². The van der Waals surface area contributed by atoms with Crippen molar-refractivity contribution < 1.29 is 38.1 Å². The van der Waals surface area contributed by atoms with Crippen LogP contribution in [0.5, 0.6) is 0 Å². The van der Waals surface area contributed by atoms with E-state index in [0.717, 1.165) is 51.4 Å². The van der Waals surface area contributed by atoms with Gasteiger partial charge in [-0.2, -0.15) is 0 Å². The molecule has 9 unspecified atom stereocenters. The normalized spacial score (nSPS) is 36.4. The summed E-state index contributed by atoms with van der Waals surface area (Å²) in [4.78, 5) is 50.1. The summed E-state index contributed by atoms with van der Waals surface area (Å²) in [5.41, 5.74) is 0.574. The zero-order valence-electron chi connectivity index (χ0n) is 25.0. The molecule has 232 valence electrons. The van der Waals surface area contributed by atoms with E-state index in [-0.39, 0.29) is 11.5 Å². The third-order valence-electron chi connectivity index (χ3n) is 10.4. The first kappa shape index (κ1) is 30.4. The van der Waals surface area contributed by atoms with Crippen LogP contribution in [0.3, 0.4) is 0 Å². The van der Waals surface area contributed by atoms with Gasteiger partial charge >= 0.3 is 24.1 Å². The number of carbonyl (C=O) groups excluding carboxylic acids is 4. The van der Waals surface area contributed by atoms with Crippen LogP contribution in [0.2, 0.25) is 0 Å². The van der Waals surface area contributed by atoms with E-state index in [1.165, 1.54) is 0 Å². The fourth-order valence-electron chi connectivity index (χ4n) is 8.45. The van der Waals surface area contributed by atoms with Crippen LogP contribution in [0.15, 0.2) is 24.3 Å². The van der Waals surface area contributed by atoms with Gasteiger partial charge in [-0.1, -0.05) is 13.2 Å². The second-order valence-corrected chi connectivity index (χ2v) is 13.2. The quantitative estimate of drug-likeness (QED) is 0.217. The Balaban J connectivity index is 1.14. The summed E-state index contributed by atoms with van der Waals surface area (Å²) in [7, 11) is 0. The number of nitrogens with one attached hydrogen (secondary N) is 2. The topological polar surface area (TPSA) is 129 Å². The van der Waals surface area contributed by atoms with E-state index in [2.05, 4.69) is 23.8 Å². The molecule has 0 radical (unpaired) electrons. The van der Waals surface area contributed by atoms with Crippen LogP contribution in [-0.2, 0) is 28.5 Å². The Morgan fingerprint density at radius 3 is 1.74 bits per heavy atom. The van der Waals surface area contributed by atoms with E-state index in [9.17, 15) is 19.2 Å².